The number of carbonyl (C=O) groups excluding carboxylic acids is 4. The molecule has 364 valence electrons. The molecule has 0 bridgehead atoms. The van der Waals surface area contributed by atoms with Gasteiger partial charge in [-0.25, -0.2) is 0 Å². The van der Waals surface area contributed by atoms with Crippen LogP contribution in [-0.4, -0.2) is 160 Å². The van der Waals surface area contributed by atoms with Crippen molar-refractivity contribution in [2.45, 2.75) is 206 Å². The van der Waals surface area contributed by atoms with Crippen LogP contribution in [0.1, 0.15) is 162 Å². The van der Waals surface area contributed by atoms with Gasteiger partial charge >= 0.3 is 0 Å². The van der Waals surface area contributed by atoms with E-state index in [4.69, 9.17) is 0 Å². The third-order valence-electron chi connectivity index (χ3n) is 15.6. The highest BCUT2D eigenvalue weighted by molar-refractivity contribution is 5.82. The zero-order chi connectivity index (χ0) is 48.6. The van der Waals surface area contributed by atoms with Crippen LogP contribution >= 0.6 is 0 Å². The van der Waals surface area contributed by atoms with E-state index >= 15 is 0 Å². The molecule has 0 saturated carbocycles. The first kappa shape index (κ1) is 52.5. The molecule has 5 aliphatic rings. The molecule has 4 radical (unpaired) electrons. The number of hydrogen-bond donors (Lipinski definition) is 0. The molecular formula is C48H84N8O8. The summed E-state index contributed by atoms with van der Waals surface area (Å²) in [6, 6.07) is 0. The van der Waals surface area contributed by atoms with Gasteiger partial charge in [-0.2, -0.15) is 0 Å². The normalized spacial score (nSPS) is 29.2. The molecule has 5 saturated heterocycles. The van der Waals surface area contributed by atoms with E-state index in [1.807, 2.05) is 111 Å². The molecular weight excluding hydrogens is 817 g/mol. The first-order valence-electron chi connectivity index (χ1n) is 24.0. The lowest BCUT2D eigenvalue weighted by atomic mass is 9.74. The number of amides is 4. The van der Waals surface area contributed by atoms with Gasteiger partial charge in [0.1, 0.15) is 0 Å². The molecule has 5 heterocycles. The molecule has 0 aromatic carbocycles. The number of hydrogen-bond acceptors (Lipinski definition) is 8. The van der Waals surface area contributed by atoms with E-state index in [2.05, 4.69) is 0 Å². The van der Waals surface area contributed by atoms with Crippen LogP contribution in [0, 0.1) is 23.7 Å². The average Bonchev–Trinajstić information content (AvgIpc) is 3.15. The number of nitrogens with zero attached hydrogens (tertiary/aromatic N) is 8. The minimum absolute atomic E-state index is 0.123. The van der Waals surface area contributed by atoms with Crippen LogP contribution in [0.15, 0.2) is 0 Å². The molecule has 16 nitrogen and oxygen atoms in total. The molecule has 0 atom stereocenters. The van der Waals surface area contributed by atoms with Crippen molar-refractivity contribution in [3.05, 3.63) is 0 Å². The van der Waals surface area contributed by atoms with Gasteiger partial charge in [-0.3, -0.25) is 19.2 Å². The topological polar surface area (TPSA) is 174 Å². The van der Waals surface area contributed by atoms with Crippen LogP contribution in [-0.2, 0) is 40.0 Å². The monoisotopic (exact) mass is 901 g/mol. The zero-order valence-corrected chi connectivity index (χ0v) is 42.5. The van der Waals surface area contributed by atoms with Crippen LogP contribution in [0.2, 0.25) is 0 Å². The van der Waals surface area contributed by atoms with Gasteiger partial charge in [0.25, 0.3) is 0 Å². The Morgan fingerprint density at radius 3 is 0.484 bits per heavy atom. The Labute approximate surface area is 385 Å². The summed E-state index contributed by atoms with van der Waals surface area (Å²) < 4.78 is 0. The van der Waals surface area contributed by atoms with Gasteiger partial charge in [0.2, 0.25) is 23.6 Å². The highest BCUT2D eigenvalue weighted by Gasteiger charge is 2.53. The number of piperidine rings is 4. The maximum atomic E-state index is 14.9. The Morgan fingerprint density at radius 2 is 0.375 bits per heavy atom. The molecule has 64 heavy (non-hydrogen) atoms. The zero-order valence-electron chi connectivity index (χ0n) is 42.5. The quantitative estimate of drug-likeness (QED) is 0.342. The number of rotatable bonds is 4. The summed E-state index contributed by atoms with van der Waals surface area (Å²) in [6.45, 7) is 31.2. The van der Waals surface area contributed by atoms with E-state index in [0.29, 0.717) is 51.4 Å². The maximum Gasteiger partial charge on any atom is 0.225 e. The van der Waals surface area contributed by atoms with Gasteiger partial charge in [-0.15, -0.1) is 41.1 Å². The van der Waals surface area contributed by atoms with Crippen molar-refractivity contribution in [2.24, 2.45) is 23.7 Å². The van der Waals surface area contributed by atoms with Crippen LogP contribution in [0.25, 0.3) is 0 Å². The molecule has 0 aliphatic carbocycles. The second-order valence-corrected chi connectivity index (χ2v) is 25.4. The van der Waals surface area contributed by atoms with Crippen molar-refractivity contribution in [2.75, 3.05) is 52.4 Å². The predicted octanol–water partition coefficient (Wildman–Crippen LogP) is 5.77. The van der Waals surface area contributed by atoms with E-state index in [-0.39, 0.29) is 76.0 Å². The van der Waals surface area contributed by atoms with Crippen LogP contribution in [0.4, 0.5) is 0 Å². The second kappa shape index (κ2) is 17.9. The van der Waals surface area contributed by atoms with Crippen molar-refractivity contribution >= 4 is 23.6 Å². The Balaban J connectivity index is 1.54. The number of carbonyl (C=O) groups is 4. The Morgan fingerprint density at radius 1 is 0.266 bits per heavy atom. The second-order valence-electron chi connectivity index (χ2n) is 25.4. The molecule has 0 aromatic rings. The fourth-order valence-corrected chi connectivity index (χ4v) is 13.1. The molecule has 5 rings (SSSR count). The molecule has 0 N–H and O–H groups in total. The van der Waals surface area contributed by atoms with Crippen LogP contribution in [0.3, 0.4) is 0 Å². The summed E-state index contributed by atoms with van der Waals surface area (Å²) in [5.74, 6) is -2.37. The van der Waals surface area contributed by atoms with Crippen molar-refractivity contribution in [3.63, 3.8) is 0 Å². The van der Waals surface area contributed by atoms with Crippen molar-refractivity contribution < 1.29 is 40.0 Å². The third kappa shape index (κ3) is 10.8. The lowest BCUT2D eigenvalue weighted by molar-refractivity contribution is -0.293. The fourth-order valence-electron chi connectivity index (χ4n) is 13.1. The highest BCUT2D eigenvalue weighted by atomic mass is 16.5. The molecule has 5 aliphatic heterocycles. The molecule has 5 fully saturated rings. The fraction of sp³-hybridized carbons (Fsp3) is 0.917. The van der Waals surface area contributed by atoms with Crippen molar-refractivity contribution in [1.82, 2.24) is 39.9 Å². The summed E-state index contributed by atoms with van der Waals surface area (Å²) in [7, 11) is 0. The first-order chi connectivity index (χ1) is 29.0. The van der Waals surface area contributed by atoms with Crippen molar-refractivity contribution in [3.8, 4) is 0 Å². The van der Waals surface area contributed by atoms with Gasteiger partial charge in [0.15, 0.2) is 0 Å². The summed E-state index contributed by atoms with van der Waals surface area (Å²) in [6.07, 6.45) is 2.83. The molecule has 0 spiro atoms. The predicted molar refractivity (Wildman–Crippen MR) is 240 cm³/mol. The minimum Gasteiger partial charge on any atom is -0.339 e. The van der Waals surface area contributed by atoms with E-state index in [1.165, 1.54) is 0 Å². The van der Waals surface area contributed by atoms with E-state index in [9.17, 15) is 40.0 Å². The first-order valence-corrected chi connectivity index (χ1v) is 24.0. The number of hydroxylamine groups is 8. The van der Waals surface area contributed by atoms with E-state index in [0.717, 1.165) is 20.3 Å². The molecule has 0 unspecified atom stereocenters. The van der Waals surface area contributed by atoms with E-state index < -0.39 is 68.0 Å². The van der Waals surface area contributed by atoms with Gasteiger partial charge in [-0.05, 0) is 162 Å². The lowest BCUT2D eigenvalue weighted by Gasteiger charge is -2.51. The highest BCUT2D eigenvalue weighted by Crippen LogP contribution is 2.45. The average molecular weight is 901 g/mol. The lowest BCUT2D eigenvalue weighted by Crippen LogP contribution is -2.62. The Hall–Kier alpha value is -2.44. The molecule has 16 heteroatoms. The Kier molecular flexibility index (Phi) is 14.7. The molecule has 0 aromatic heterocycles. The van der Waals surface area contributed by atoms with Crippen LogP contribution < -0.4 is 0 Å². The largest absolute Gasteiger partial charge is 0.339 e. The van der Waals surface area contributed by atoms with Gasteiger partial charge in [0, 0.05) is 120 Å². The third-order valence-corrected chi connectivity index (χ3v) is 15.6. The van der Waals surface area contributed by atoms with Crippen LogP contribution in [0.5, 0.6) is 0 Å². The Bertz CT molecular complexity index is 1410. The standard InChI is InChI=1S/C48H84N8O8/c1-41(2)25-33(26-42(3,4)53(41)61)37(57)49-17-19-50(38(58)34-27-43(5,6)54(62)44(7,8)28-34)21-23-52(40(60)36-31-47(13,14)56(64)48(15,16)32-36)24-22-51(20-18-49)39(59)35-29-45(9,10)55(63)46(11,12)30-35/h33-36H,17-32H2,1-16H3. The van der Waals surface area contributed by atoms with Crippen molar-refractivity contribution in [1.29, 1.82) is 0 Å². The maximum absolute atomic E-state index is 14.9. The minimum atomic E-state index is -0.796. The van der Waals surface area contributed by atoms with Gasteiger partial charge in [0.05, 0.1) is 0 Å². The SMILES string of the molecule is CC1(C)CC(C(=O)N2CCN(C(=O)C3CC(C)(C)N([O])C(C)(C)C3)CCN(C(=O)C3CC(C)(C)N([O])C(C)(C)C3)CCN(C(=O)C3CC(C)(C)N([O])C(C)(C)C3)CC2)CC(C)(C)N1[O]. The van der Waals surface area contributed by atoms with Gasteiger partial charge < -0.3 is 19.6 Å². The molecule has 4 amide bonds. The summed E-state index contributed by atoms with van der Waals surface area (Å²) in [4.78, 5) is 66.7. The summed E-state index contributed by atoms with van der Waals surface area (Å²) >= 11 is 0. The smallest absolute Gasteiger partial charge is 0.225 e. The van der Waals surface area contributed by atoms with E-state index in [1.54, 1.807) is 19.6 Å². The summed E-state index contributed by atoms with van der Waals surface area (Å²) in [5, 5.41) is 58.0. The summed E-state index contributed by atoms with van der Waals surface area (Å²) in [5.41, 5.74) is -6.37. The van der Waals surface area contributed by atoms with Gasteiger partial charge in [-0.1, -0.05) is 0 Å².